The largest absolute Gasteiger partial charge is 0.752 e. The van der Waals surface area contributed by atoms with Gasteiger partial charge in [0.25, 0.3) is 0 Å². The maximum atomic E-state index is 13.7. The molecular formula is C12H12F8N3O3-. The molecule has 0 amide bonds. The van der Waals surface area contributed by atoms with Gasteiger partial charge in [0.15, 0.2) is 0 Å². The second-order valence-electron chi connectivity index (χ2n) is 4.54. The molecule has 6 nitrogen and oxygen atoms in total. The number of aromatic nitrogens is 2. The van der Waals surface area contributed by atoms with Crippen LogP contribution in [-0.4, -0.2) is 47.5 Å². The van der Waals surface area contributed by atoms with Crippen molar-refractivity contribution in [2.45, 2.75) is 38.2 Å². The summed E-state index contributed by atoms with van der Waals surface area (Å²) in [6.45, 7) is 2.64. The van der Waals surface area contributed by atoms with Gasteiger partial charge < -0.3 is 19.7 Å². The van der Waals surface area contributed by atoms with Crippen LogP contribution >= 0.6 is 0 Å². The van der Waals surface area contributed by atoms with Crippen molar-refractivity contribution in [1.29, 1.82) is 0 Å². The number of rotatable bonds is 9. The second-order valence-corrected chi connectivity index (χ2v) is 4.54. The zero-order valence-corrected chi connectivity index (χ0v) is 13.2. The molecular weight excluding hydrogens is 386 g/mol. The van der Waals surface area contributed by atoms with E-state index < -0.39 is 47.1 Å². The van der Waals surface area contributed by atoms with E-state index in [1.165, 1.54) is 13.8 Å². The van der Waals surface area contributed by atoms with Crippen molar-refractivity contribution < 1.29 is 44.6 Å². The highest BCUT2D eigenvalue weighted by molar-refractivity contribution is 5.40. The molecule has 1 heterocycles. The van der Waals surface area contributed by atoms with E-state index in [0.29, 0.717) is 0 Å². The average Bonchev–Trinajstić information content (AvgIpc) is 2.53. The van der Waals surface area contributed by atoms with Gasteiger partial charge in [0.2, 0.25) is 17.7 Å². The number of hydroxylamine groups is 1. The summed E-state index contributed by atoms with van der Waals surface area (Å²) >= 11 is 0. The Kier molecular flexibility index (Phi) is 6.44. The number of anilines is 1. The summed E-state index contributed by atoms with van der Waals surface area (Å²) in [7, 11) is 0. The summed E-state index contributed by atoms with van der Waals surface area (Å²) in [5, 5.41) is 9.58. The highest BCUT2D eigenvalue weighted by Gasteiger charge is 2.76. The molecule has 0 radical (unpaired) electrons. The quantitative estimate of drug-likeness (QED) is 0.359. The molecule has 0 fully saturated rings. The molecule has 0 N–H and O–H groups in total. The molecule has 0 aliphatic rings. The van der Waals surface area contributed by atoms with Crippen LogP contribution in [0.15, 0.2) is 6.07 Å². The zero-order chi connectivity index (χ0) is 20.3. The van der Waals surface area contributed by atoms with Crippen LogP contribution in [0.3, 0.4) is 0 Å². The summed E-state index contributed by atoms with van der Waals surface area (Å²) in [5.74, 6) is -16.1. The average molecular weight is 398 g/mol. The molecule has 14 heteroatoms. The minimum Gasteiger partial charge on any atom is -0.752 e. The Morgan fingerprint density at radius 1 is 1.00 bits per heavy atom. The summed E-state index contributed by atoms with van der Waals surface area (Å²) in [6.07, 6.45) is -5.16. The van der Waals surface area contributed by atoms with E-state index in [1.807, 2.05) is 0 Å². The number of alkyl halides is 8. The molecule has 0 aromatic carbocycles. The SMILES string of the molecule is CCOc1cc(OCC)nc(N([O-])C(F)(F)C(F)(F)C(F)(F)C(F)F)n1. The Hall–Kier alpha value is -2.12. The fourth-order valence-electron chi connectivity index (χ4n) is 1.52. The van der Waals surface area contributed by atoms with Crippen molar-refractivity contribution in [3.8, 4) is 11.8 Å². The lowest BCUT2D eigenvalue weighted by molar-refractivity contribution is -0.336. The van der Waals surface area contributed by atoms with Crippen LogP contribution < -0.4 is 14.5 Å². The predicted octanol–water partition coefficient (Wildman–Crippen LogP) is 3.71. The Morgan fingerprint density at radius 2 is 1.42 bits per heavy atom. The van der Waals surface area contributed by atoms with Crippen molar-refractivity contribution >= 4 is 5.95 Å². The van der Waals surface area contributed by atoms with Gasteiger partial charge in [-0.2, -0.15) is 36.3 Å². The maximum Gasteiger partial charge on any atom is 0.397 e. The van der Waals surface area contributed by atoms with Gasteiger partial charge in [0, 0.05) is 0 Å². The van der Waals surface area contributed by atoms with Gasteiger partial charge in [-0.1, -0.05) is 0 Å². The molecule has 1 aromatic heterocycles. The van der Waals surface area contributed by atoms with Gasteiger partial charge in [-0.3, -0.25) is 0 Å². The molecule has 150 valence electrons. The number of hydrogen-bond acceptors (Lipinski definition) is 6. The van der Waals surface area contributed by atoms with Gasteiger partial charge in [0.1, 0.15) is 0 Å². The van der Waals surface area contributed by atoms with Crippen molar-refractivity contribution in [1.82, 2.24) is 9.97 Å². The van der Waals surface area contributed by atoms with E-state index in [-0.39, 0.29) is 13.2 Å². The molecule has 1 rings (SSSR count). The molecule has 0 spiro atoms. The standard InChI is InChI=1S/C12H12F8N3O3/c1-3-25-6-5-7(26-4-2)22-9(21-6)23(24)12(19,20)11(17,18)10(15,16)8(13)14/h5,8H,3-4H2,1-2H3/q-1. The number of nitrogens with zero attached hydrogens (tertiary/aromatic N) is 3. The summed E-state index contributed by atoms with van der Waals surface area (Å²) in [6, 6.07) is -5.41. The van der Waals surface area contributed by atoms with Crippen LogP contribution in [0.1, 0.15) is 13.8 Å². The van der Waals surface area contributed by atoms with E-state index in [9.17, 15) is 40.3 Å². The van der Waals surface area contributed by atoms with Crippen molar-refractivity contribution in [2.75, 3.05) is 18.3 Å². The first kappa shape index (κ1) is 21.9. The molecule has 0 aliphatic carbocycles. The summed E-state index contributed by atoms with van der Waals surface area (Å²) in [5.41, 5.74) is 0. The fourth-order valence-corrected chi connectivity index (χ4v) is 1.52. The Bertz CT molecular complexity index is 593. The second kappa shape index (κ2) is 7.63. The van der Waals surface area contributed by atoms with Crippen molar-refractivity contribution in [3.05, 3.63) is 11.3 Å². The highest BCUT2D eigenvalue weighted by Crippen LogP contribution is 2.50. The molecule has 0 atom stereocenters. The lowest BCUT2D eigenvalue weighted by Gasteiger charge is -2.42. The lowest BCUT2D eigenvalue weighted by Crippen LogP contribution is -2.63. The Balaban J connectivity index is 3.37. The van der Waals surface area contributed by atoms with Crippen LogP contribution in [-0.2, 0) is 0 Å². The predicted molar refractivity (Wildman–Crippen MR) is 71.1 cm³/mol. The minimum atomic E-state index is -6.74. The minimum absolute atomic E-state index is 0.100. The lowest BCUT2D eigenvalue weighted by atomic mass is 10.1. The van der Waals surface area contributed by atoms with Crippen molar-refractivity contribution in [3.63, 3.8) is 0 Å². The topological polar surface area (TPSA) is 70.5 Å². The van der Waals surface area contributed by atoms with Crippen LogP contribution in [0.4, 0.5) is 41.1 Å². The molecule has 26 heavy (non-hydrogen) atoms. The monoisotopic (exact) mass is 398 g/mol. The van der Waals surface area contributed by atoms with E-state index >= 15 is 0 Å². The number of hydrogen-bond donors (Lipinski definition) is 0. The van der Waals surface area contributed by atoms with Crippen molar-refractivity contribution in [2.24, 2.45) is 0 Å². The van der Waals surface area contributed by atoms with E-state index in [2.05, 4.69) is 9.97 Å². The molecule has 0 unspecified atom stereocenters. The Morgan fingerprint density at radius 3 is 1.77 bits per heavy atom. The maximum absolute atomic E-state index is 13.7. The van der Waals surface area contributed by atoms with Gasteiger partial charge >= 0.3 is 24.3 Å². The molecule has 0 saturated heterocycles. The normalized spacial score (nSPS) is 13.1. The van der Waals surface area contributed by atoms with Crippen LogP contribution in [0.5, 0.6) is 11.8 Å². The van der Waals surface area contributed by atoms with Crippen LogP contribution in [0, 0.1) is 5.21 Å². The molecule has 0 aliphatic heterocycles. The highest BCUT2D eigenvalue weighted by atomic mass is 19.4. The Labute approximate surface area is 141 Å². The summed E-state index contributed by atoms with van der Waals surface area (Å²) < 4.78 is 113. The van der Waals surface area contributed by atoms with Gasteiger partial charge in [-0.25, -0.2) is 8.78 Å². The third-order valence-electron chi connectivity index (χ3n) is 2.76. The van der Waals surface area contributed by atoms with Crippen LogP contribution in [0.2, 0.25) is 0 Å². The van der Waals surface area contributed by atoms with E-state index in [0.717, 1.165) is 6.07 Å². The van der Waals surface area contributed by atoms with Gasteiger partial charge in [-0.05, 0) is 13.8 Å². The molecule has 0 bridgehead atoms. The molecule has 0 saturated carbocycles. The number of ether oxygens (including phenoxy) is 2. The van der Waals surface area contributed by atoms with Gasteiger partial charge in [-0.15, -0.1) is 0 Å². The zero-order valence-electron chi connectivity index (χ0n) is 13.2. The van der Waals surface area contributed by atoms with Gasteiger partial charge in [0.05, 0.1) is 19.3 Å². The fraction of sp³-hybridized carbons (Fsp3) is 0.667. The van der Waals surface area contributed by atoms with E-state index in [4.69, 9.17) is 9.47 Å². The summed E-state index contributed by atoms with van der Waals surface area (Å²) in [4.78, 5) is 6.13. The third-order valence-corrected chi connectivity index (χ3v) is 2.76. The third kappa shape index (κ3) is 3.83. The van der Waals surface area contributed by atoms with E-state index in [1.54, 1.807) is 0 Å². The first-order chi connectivity index (χ1) is 11.8. The first-order valence-corrected chi connectivity index (χ1v) is 6.86. The number of halogens is 8. The molecule has 1 aromatic rings. The smallest absolute Gasteiger partial charge is 0.397 e. The first-order valence-electron chi connectivity index (χ1n) is 6.86. The van der Waals surface area contributed by atoms with Crippen LogP contribution in [0.25, 0.3) is 0 Å².